The van der Waals surface area contributed by atoms with Crippen LogP contribution in [-0.4, -0.2) is 52.2 Å². The first-order chi connectivity index (χ1) is 15.0. The van der Waals surface area contributed by atoms with E-state index in [2.05, 4.69) is 5.32 Å². The maximum atomic E-state index is 11.7. The van der Waals surface area contributed by atoms with Gasteiger partial charge >= 0.3 is 0 Å². The van der Waals surface area contributed by atoms with Gasteiger partial charge in [-0.1, -0.05) is 42.5 Å². The van der Waals surface area contributed by atoms with Crippen molar-refractivity contribution < 1.29 is 24.9 Å². The first-order valence-corrected chi connectivity index (χ1v) is 11.4. The third kappa shape index (κ3) is 8.13. The fourth-order valence-corrected chi connectivity index (χ4v) is 4.00. The van der Waals surface area contributed by atoms with E-state index in [9.17, 15) is 20.1 Å². The van der Waals surface area contributed by atoms with E-state index in [4.69, 9.17) is 4.74 Å². The molecule has 2 aliphatic rings. The van der Waals surface area contributed by atoms with E-state index in [1.807, 2.05) is 42.5 Å². The van der Waals surface area contributed by atoms with E-state index < -0.39 is 18.3 Å². The Bertz CT molecular complexity index is 731. The van der Waals surface area contributed by atoms with Crippen molar-refractivity contribution in [2.24, 2.45) is 11.8 Å². The second-order valence-corrected chi connectivity index (χ2v) is 8.63. The maximum absolute atomic E-state index is 11.7. The van der Waals surface area contributed by atoms with E-state index in [1.165, 1.54) is 0 Å². The lowest BCUT2D eigenvalue weighted by Crippen LogP contribution is -2.24. The fourth-order valence-electron chi connectivity index (χ4n) is 4.00. The van der Waals surface area contributed by atoms with Gasteiger partial charge in [0, 0.05) is 24.8 Å². The van der Waals surface area contributed by atoms with E-state index in [1.54, 1.807) is 12.2 Å². The molecule has 1 amide bonds. The number of aliphatic hydroxyl groups excluding tert-OH is 3. The third-order valence-electron chi connectivity index (χ3n) is 5.93. The number of hydrogen-bond donors (Lipinski definition) is 4. The maximum Gasteiger partial charge on any atom is 0.220 e. The molecule has 6 heteroatoms. The monoisotopic (exact) mass is 429 g/mol. The number of ether oxygens (including phenoxy) is 1. The minimum Gasteiger partial charge on any atom is -0.491 e. The molecule has 2 aliphatic carbocycles. The predicted octanol–water partition coefficient (Wildman–Crippen LogP) is 2.74. The van der Waals surface area contributed by atoms with E-state index in [0.29, 0.717) is 31.1 Å². The van der Waals surface area contributed by atoms with Crippen LogP contribution in [0.2, 0.25) is 0 Å². The van der Waals surface area contributed by atoms with Crippen LogP contribution in [-0.2, 0) is 4.79 Å². The Morgan fingerprint density at radius 2 is 1.94 bits per heavy atom. The van der Waals surface area contributed by atoms with Crippen molar-refractivity contribution in [2.75, 3.05) is 6.61 Å². The lowest BCUT2D eigenvalue weighted by atomic mass is 9.89. The summed E-state index contributed by atoms with van der Waals surface area (Å²) in [4.78, 5) is 11.7. The van der Waals surface area contributed by atoms with Gasteiger partial charge in [0.25, 0.3) is 0 Å². The highest BCUT2D eigenvalue weighted by molar-refractivity contribution is 5.76. The summed E-state index contributed by atoms with van der Waals surface area (Å²) in [6.07, 6.45) is 10.9. The molecule has 6 nitrogen and oxygen atoms in total. The smallest absolute Gasteiger partial charge is 0.220 e. The first kappa shape index (κ1) is 23.5. The highest BCUT2D eigenvalue weighted by atomic mass is 16.5. The van der Waals surface area contributed by atoms with Crippen LogP contribution < -0.4 is 10.1 Å². The Morgan fingerprint density at radius 3 is 2.68 bits per heavy atom. The van der Waals surface area contributed by atoms with Crippen LogP contribution in [0.3, 0.4) is 0 Å². The molecule has 1 aromatic rings. The van der Waals surface area contributed by atoms with E-state index in [-0.39, 0.29) is 24.3 Å². The van der Waals surface area contributed by atoms with Crippen molar-refractivity contribution in [1.29, 1.82) is 0 Å². The Kier molecular flexibility index (Phi) is 9.13. The molecule has 3 rings (SSSR count). The fraction of sp³-hybridized carbons (Fsp3) is 0.560. The largest absolute Gasteiger partial charge is 0.491 e. The SMILES string of the molecule is O=C(CCCC=CC[C@@H]1[C@@H](C=C[C@@H](O)COc2ccccc2)[C@H](O)C[C@@H]1O)NC1CC1. The molecule has 0 heterocycles. The number of amides is 1. The van der Waals surface area contributed by atoms with E-state index >= 15 is 0 Å². The minimum atomic E-state index is -0.789. The van der Waals surface area contributed by atoms with Gasteiger partial charge in [-0.2, -0.15) is 0 Å². The van der Waals surface area contributed by atoms with Gasteiger partial charge in [-0.25, -0.2) is 0 Å². The van der Waals surface area contributed by atoms with Crippen molar-refractivity contribution in [2.45, 2.75) is 69.3 Å². The predicted molar refractivity (Wildman–Crippen MR) is 119 cm³/mol. The second-order valence-electron chi connectivity index (χ2n) is 8.63. The number of rotatable bonds is 12. The molecule has 1 aromatic carbocycles. The van der Waals surface area contributed by atoms with Crippen molar-refractivity contribution in [1.82, 2.24) is 5.32 Å². The number of carbonyl (C=O) groups is 1. The highest BCUT2D eigenvalue weighted by Crippen LogP contribution is 2.36. The van der Waals surface area contributed by atoms with Gasteiger partial charge in [-0.15, -0.1) is 0 Å². The van der Waals surface area contributed by atoms with Crippen LogP contribution in [0.15, 0.2) is 54.6 Å². The van der Waals surface area contributed by atoms with Crippen LogP contribution in [0.1, 0.15) is 44.9 Å². The zero-order chi connectivity index (χ0) is 22.1. The topological polar surface area (TPSA) is 99.0 Å². The number of nitrogens with one attached hydrogen (secondary N) is 1. The number of allylic oxidation sites excluding steroid dienone is 2. The molecule has 2 fully saturated rings. The minimum absolute atomic E-state index is 0.0945. The zero-order valence-electron chi connectivity index (χ0n) is 18.0. The summed E-state index contributed by atoms with van der Waals surface area (Å²) in [5.74, 6) is 0.516. The van der Waals surface area contributed by atoms with Gasteiger partial charge in [0.15, 0.2) is 0 Å². The number of benzene rings is 1. The summed E-state index contributed by atoms with van der Waals surface area (Å²) in [5.41, 5.74) is 0. The average Bonchev–Trinajstić information content (AvgIpc) is 3.52. The number of aliphatic hydroxyl groups is 3. The molecule has 31 heavy (non-hydrogen) atoms. The van der Waals surface area contributed by atoms with Gasteiger partial charge in [0.1, 0.15) is 18.5 Å². The van der Waals surface area contributed by atoms with Crippen molar-refractivity contribution >= 4 is 5.91 Å². The number of hydrogen-bond acceptors (Lipinski definition) is 5. The molecule has 0 saturated heterocycles. The summed E-state index contributed by atoms with van der Waals surface area (Å²) in [6.45, 7) is 0.130. The molecule has 0 unspecified atom stereocenters. The molecule has 170 valence electrons. The lowest BCUT2D eigenvalue weighted by Gasteiger charge is -2.19. The van der Waals surface area contributed by atoms with Gasteiger partial charge in [-0.3, -0.25) is 4.79 Å². The van der Waals surface area contributed by atoms with Crippen LogP contribution in [0.25, 0.3) is 0 Å². The summed E-state index contributed by atoms with van der Waals surface area (Å²) in [5, 5.41) is 33.9. The Hall–Kier alpha value is -2.15. The third-order valence-corrected chi connectivity index (χ3v) is 5.93. The molecule has 2 saturated carbocycles. The number of carbonyl (C=O) groups excluding carboxylic acids is 1. The lowest BCUT2D eigenvalue weighted by molar-refractivity contribution is -0.121. The van der Waals surface area contributed by atoms with Crippen molar-refractivity contribution in [3.8, 4) is 5.75 Å². The van der Waals surface area contributed by atoms with E-state index in [0.717, 1.165) is 25.7 Å². The molecule has 5 atom stereocenters. The zero-order valence-corrected chi connectivity index (χ0v) is 18.0. The molecule has 0 spiro atoms. The van der Waals surface area contributed by atoms with Crippen LogP contribution in [0.4, 0.5) is 0 Å². The summed E-state index contributed by atoms with van der Waals surface area (Å²) in [6, 6.07) is 9.71. The number of para-hydroxylation sites is 1. The van der Waals surface area contributed by atoms with Crippen LogP contribution >= 0.6 is 0 Å². The van der Waals surface area contributed by atoms with Gasteiger partial charge in [0.2, 0.25) is 5.91 Å². The molecule has 0 radical (unpaired) electrons. The standard InChI is InChI=1S/C25H35NO5/c27-19(17-31-20-8-4-3-5-9-20)14-15-22-21(23(28)16-24(22)29)10-6-1-2-7-11-25(30)26-18-12-13-18/h1,3-6,8-9,14-15,18-19,21-24,27-29H,2,7,10-13,16-17H2,(H,26,30)/t19-,21-,22-,23+,24-/m1/s1. The summed E-state index contributed by atoms with van der Waals surface area (Å²) in [7, 11) is 0. The summed E-state index contributed by atoms with van der Waals surface area (Å²) < 4.78 is 5.55. The molecule has 0 aromatic heterocycles. The molecule has 0 bridgehead atoms. The van der Waals surface area contributed by atoms with Crippen LogP contribution in [0, 0.1) is 11.8 Å². The Morgan fingerprint density at radius 1 is 1.16 bits per heavy atom. The van der Waals surface area contributed by atoms with Crippen molar-refractivity contribution in [3.63, 3.8) is 0 Å². The average molecular weight is 430 g/mol. The Balaban J connectivity index is 1.39. The quantitative estimate of drug-likeness (QED) is 0.302. The molecule has 4 N–H and O–H groups in total. The summed E-state index contributed by atoms with van der Waals surface area (Å²) >= 11 is 0. The van der Waals surface area contributed by atoms with Gasteiger partial charge in [-0.05, 0) is 50.2 Å². The van der Waals surface area contributed by atoms with Crippen LogP contribution in [0.5, 0.6) is 5.75 Å². The van der Waals surface area contributed by atoms with Gasteiger partial charge in [0.05, 0.1) is 12.2 Å². The second kappa shape index (κ2) is 12.0. The molecular weight excluding hydrogens is 394 g/mol. The highest BCUT2D eigenvalue weighted by Gasteiger charge is 2.39. The first-order valence-electron chi connectivity index (χ1n) is 11.4. The molecule has 0 aliphatic heterocycles. The van der Waals surface area contributed by atoms with Crippen molar-refractivity contribution in [3.05, 3.63) is 54.6 Å². The Labute approximate surface area is 184 Å². The number of unbranched alkanes of at least 4 members (excludes halogenated alkanes) is 1. The normalized spacial score (nSPS) is 27.1. The molecular formula is C25H35NO5. The van der Waals surface area contributed by atoms with Gasteiger partial charge < -0.3 is 25.4 Å².